The number of aromatic nitrogens is 2. The third-order valence-electron chi connectivity index (χ3n) is 3.26. The lowest BCUT2D eigenvalue weighted by Crippen LogP contribution is -2.42. The van der Waals surface area contributed by atoms with Crippen molar-refractivity contribution < 1.29 is 0 Å². The van der Waals surface area contributed by atoms with Crippen LogP contribution in [0.4, 0.5) is 0 Å². The van der Waals surface area contributed by atoms with Gasteiger partial charge in [-0.1, -0.05) is 6.42 Å². The summed E-state index contributed by atoms with van der Waals surface area (Å²) in [6.07, 6.45) is 3.55. The normalized spacial score (nSPS) is 14.8. The maximum Gasteiger partial charge on any atom is 0.331 e. The van der Waals surface area contributed by atoms with Crippen LogP contribution in [0.25, 0.3) is 0 Å². The monoisotopic (exact) mass is 233 g/mol. The average molecular weight is 233 g/mol. The highest BCUT2D eigenvalue weighted by molar-refractivity contribution is 5.32. The minimum atomic E-state index is -0.437. The molecule has 2 heterocycles. The Hall–Kier alpha value is -1.83. The molecule has 0 amide bonds. The van der Waals surface area contributed by atoms with Crippen LogP contribution in [0.1, 0.15) is 37.4 Å². The van der Waals surface area contributed by atoms with E-state index in [1.165, 1.54) is 0 Å². The van der Waals surface area contributed by atoms with Gasteiger partial charge in [0, 0.05) is 18.8 Å². The Bertz CT molecular complexity index is 589. The number of nitrogens with zero attached hydrogens (tertiary/aromatic N) is 3. The molecule has 0 atom stereocenters. The van der Waals surface area contributed by atoms with E-state index >= 15 is 0 Å². The molecule has 0 bridgehead atoms. The summed E-state index contributed by atoms with van der Waals surface area (Å²) in [6.45, 7) is 2.67. The van der Waals surface area contributed by atoms with Gasteiger partial charge in [0.05, 0.1) is 0 Å². The molecule has 0 N–H and O–H groups in total. The maximum atomic E-state index is 12.1. The van der Waals surface area contributed by atoms with Crippen LogP contribution in [0.5, 0.6) is 0 Å². The Morgan fingerprint density at radius 1 is 1.29 bits per heavy atom. The number of rotatable bonds is 1. The molecule has 0 radical (unpaired) electrons. The maximum absolute atomic E-state index is 12.1. The van der Waals surface area contributed by atoms with Crippen molar-refractivity contribution in [1.82, 2.24) is 9.13 Å². The van der Waals surface area contributed by atoms with Gasteiger partial charge in [0.15, 0.2) is 0 Å². The van der Waals surface area contributed by atoms with Gasteiger partial charge in [-0.15, -0.1) is 0 Å². The zero-order chi connectivity index (χ0) is 12.4. The summed E-state index contributed by atoms with van der Waals surface area (Å²) in [4.78, 5) is 24.1. The highest BCUT2D eigenvalue weighted by atomic mass is 16.2. The van der Waals surface area contributed by atoms with E-state index in [1.54, 1.807) is 11.5 Å². The Morgan fingerprint density at radius 2 is 2.06 bits per heavy atom. The van der Waals surface area contributed by atoms with Crippen molar-refractivity contribution in [2.24, 2.45) is 0 Å². The summed E-state index contributed by atoms with van der Waals surface area (Å²) in [7, 11) is 0. The zero-order valence-corrected chi connectivity index (χ0v) is 9.90. The van der Waals surface area contributed by atoms with Crippen LogP contribution >= 0.6 is 0 Å². The second-order valence-corrected chi connectivity index (χ2v) is 4.23. The van der Waals surface area contributed by atoms with Gasteiger partial charge in [-0.05, 0) is 26.2 Å². The second kappa shape index (κ2) is 4.58. The Morgan fingerprint density at radius 3 is 2.71 bits per heavy atom. The lowest BCUT2D eigenvalue weighted by molar-refractivity contribution is 0.545. The fourth-order valence-corrected chi connectivity index (χ4v) is 2.36. The summed E-state index contributed by atoms with van der Waals surface area (Å²) in [5.41, 5.74) is 0.0691. The first-order valence-electron chi connectivity index (χ1n) is 5.97. The van der Waals surface area contributed by atoms with Gasteiger partial charge in [-0.2, -0.15) is 5.26 Å². The molecule has 0 unspecified atom stereocenters. The van der Waals surface area contributed by atoms with Crippen LogP contribution in [-0.4, -0.2) is 9.13 Å². The topological polar surface area (TPSA) is 67.8 Å². The van der Waals surface area contributed by atoms with Crippen molar-refractivity contribution in [3.05, 3.63) is 32.1 Å². The van der Waals surface area contributed by atoms with E-state index < -0.39 is 5.56 Å². The van der Waals surface area contributed by atoms with Gasteiger partial charge in [0.1, 0.15) is 11.6 Å². The molecule has 0 fully saturated rings. The Balaban J connectivity index is 2.83. The molecule has 5 nitrogen and oxygen atoms in total. The summed E-state index contributed by atoms with van der Waals surface area (Å²) in [6, 6.07) is 1.96. The summed E-state index contributed by atoms with van der Waals surface area (Å²) in [5.74, 6) is 0. The van der Waals surface area contributed by atoms with Crippen molar-refractivity contribution in [2.75, 3.05) is 0 Å². The first-order chi connectivity index (χ1) is 8.20. The van der Waals surface area contributed by atoms with Crippen LogP contribution in [0.15, 0.2) is 9.59 Å². The van der Waals surface area contributed by atoms with E-state index in [4.69, 9.17) is 5.26 Å². The average Bonchev–Trinajstić information content (AvgIpc) is 2.56. The molecular weight excluding hydrogens is 218 g/mol. The first kappa shape index (κ1) is 11.6. The van der Waals surface area contributed by atoms with Crippen LogP contribution in [0.2, 0.25) is 0 Å². The van der Waals surface area contributed by atoms with Gasteiger partial charge < -0.3 is 0 Å². The lowest BCUT2D eigenvalue weighted by Gasteiger charge is -2.13. The van der Waals surface area contributed by atoms with Crippen LogP contribution < -0.4 is 11.2 Å². The van der Waals surface area contributed by atoms with Crippen LogP contribution in [0, 0.1) is 11.3 Å². The summed E-state index contributed by atoms with van der Waals surface area (Å²) < 4.78 is 2.75. The van der Waals surface area contributed by atoms with E-state index in [0.29, 0.717) is 25.2 Å². The zero-order valence-electron chi connectivity index (χ0n) is 9.90. The molecule has 1 aliphatic heterocycles. The lowest BCUT2D eigenvalue weighted by atomic mass is 10.1. The fraction of sp³-hybridized carbons (Fsp3) is 0.583. The third-order valence-corrected chi connectivity index (χ3v) is 3.26. The molecule has 0 spiro atoms. The number of hydrogen-bond donors (Lipinski definition) is 0. The summed E-state index contributed by atoms with van der Waals surface area (Å²) >= 11 is 0. The van der Waals surface area contributed by atoms with Gasteiger partial charge >= 0.3 is 5.69 Å². The van der Waals surface area contributed by atoms with E-state index in [1.807, 2.05) is 6.07 Å². The number of hydrogen-bond acceptors (Lipinski definition) is 3. The number of nitriles is 1. The fourth-order valence-electron chi connectivity index (χ4n) is 2.36. The molecule has 0 aromatic carbocycles. The van der Waals surface area contributed by atoms with Gasteiger partial charge in [-0.25, -0.2) is 4.79 Å². The molecular formula is C12H15N3O2. The van der Waals surface area contributed by atoms with Gasteiger partial charge in [0.2, 0.25) is 0 Å². The minimum absolute atomic E-state index is 0.147. The standard InChI is InChI=1S/C12H15N3O2/c1-2-14-11(16)9(8-13)10-6-4-3-5-7-15(10)12(14)17/h2-7H2,1H3. The van der Waals surface area contributed by atoms with Crippen molar-refractivity contribution in [3.63, 3.8) is 0 Å². The Labute approximate surface area is 98.9 Å². The molecule has 5 heteroatoms. The van der Waals surface area contributed by atoms with Crippen molar-refractivity contribution in [3.8, 4) is 6.07 Å². The van der Waals surface area contributed by atoms with E-state index in [2.05, 4.69) is 0 Å². The molecule has 1 aromatic rings. The quantitative estimate of drug-likeness (QED) is 0.714. The van der Waals surface area contributed by atoms with E-state index in [0.717, 1.165) is 23.8 Å². The molecule has 17 heavy (non-hydrogen) atoms. The summed E-state index contributed by atoms with van der Waals surface area (Å²) in [5, 5.41) is 9.10. The van der Waals surface area contributed by atoms with Gasteiger partial charge in [-0.3, -0.25) is 13.9 Å². The second-order valence-electron chi connectivity index (χ2n) is 4.23. The van der Waals surface area contributed by atoms with E-state index in [-0.39, 0.29) is 11.3 Å². The van der Waals surface area contributed by atoms with E-state index in [9.17, 15) is 9.59 Å². The van der Waals surface area contributed by atoms with Crippen molar-refractivity contribution >= 4 is 0 Å². The molecule has 90 valence electrons. The molecule has 1 aromatic heterocycles. The molecule has 0 saturated heterocycles. The third kappa shape index (κ3) is 1.80. The first-order valence-corrected chi connectivity index (χ1v) is 5.97. The van der Waals surface area contributed by atoms with Crippen molar-refractivity contribution in [1.29, 1.82) is 5.26 Å². The largest absolute Gasteiger partial charge is 0.331 e. The Kier molecular flexibility index (Phi) is 3.14. The molecule has 0 aliphatic carbocycles. The molecule has 2 rings (SSSR count). The SMILES string of the molecule is CCn1c(=O)c(C#N)c2n(c1=O)CCCCC2. The molecule has 1 aliphatic rings. The highest BCUT2D eigenvalue weighted by Crippen LogP contribution is 2.13. The van der Waals surface area contributed by atoms with Crippen LogP contribution in [0.3, 0.4) is 0 Å². The number of fused-ring (bicyclic) bond motifs is 1. The molecule has 0 saturated carbocycles. The highest BCUT2D eigenvalue weighted by Gasteiger charge is 2.19. The predicted molar refractivity (Wildman–Crippen MR) is 62.9 cm³/mol. The minimum Gasteiger partial charge on any atom is -0.296 e. The van der Waals surface area contributed by atoms with Crippen molar-refractivity contribution in [2.45, 2.75) is 45.7 Å². The van der Waals surface area contributed by atoms with Crippen LogP contribution in [-0.2, 0) is 19.5 Å². The smallest absolute Gasteiger partial charge is 0.296 e. The van der Waals surface area contributed by atoms with Gasteiger partial charge in [0.25, 0.3) is 5.56 Å². The predicted octanol–water partition coefficient (Wildman–Crippen LogP) is 0.628.